The van der Waals surface area contributed by atoms with E-state index in [1.165, 1.54) is 5.56 Å². The van der Waals surface area contributed by atoms with Gasteiger partial charge in [0.15, 0.2) is 5.78 Å². The summed E-state index contributed by atoms with van der Waals surface area (Å²) in [6.45, 7) is 9.69. The van der Waals surface area contributed by atoms with Crippen LogP contribution in [0.5, 0.6) is 0 Å². The Morgan fingerprint density at radius 1 is 1.22 bits per heavy atom. The fraction of sp³-hybridized carbons (Fsp3) is 0.500. The fourth-order valence-electron chi connectivity index (χ4n) is 2.97. The van der Waals surface area contributed by atoms with Gasteiger partial charge in [-0.15, -0.1) is 0 Å². The van der Waals surface area contributed by atoms with E-state index >= 15 is 0 Å². The number of hydrogen-bond donors (Lipinski definition) is 0. The van der Waals surface area contributed by atoms with Gasteiger partial charge in [-0.25, -0.2) is 4.79 Å². The molecule has 1 aliphatic rings. The number of Topliss-reactive ketones (excluding diaryl/α,β-unsaturated/α-hetero) is 1. The molecule has 3 nitrogen and oxygen atoms in total. The van der Waals surface area contributed by atoms with Crippen LogP contribution in [-0.2, 0) is 14.3 Å². The first-order chi connectivity index (χ1) is 10.6. The molecule has 0 saturated carbocycles. The smallest absolute Gasteiger partial charge is 0.341 e. The molecule has 2 rings (SSSR count). The SMILES string of the molecule is CC(c1ccccc1)C1(C)C=C(C(=O)OC(C)(C)C)C(=O)CC1. The van der Waals surface area contributed by atoms with Crippen LogP contribution in [-0.4, -0.2) is 17.4 Å². The van der Waals surface area contributed by atoms with E-state index in [2.05, 4.69) is 26.0 Å². The number of carbonyl (C=O) groups excluding carboxylic acids is 2. The summed E-state index contributed by atoms with van der Waals surface area (Å²) in [7, 11) is 0. The third kappa shape index (κ3) is 4.10. The summed E-state index contributed by atoms with van der Waals surface area (Å²) in [5.41, 5.74) is 0.582. The minimum atomic E-state index is -0.600. The minimum Gasteiger partial charge on any atom is -0.456 e. The Morgan fingerprint density at radius 2 is 1.83 bits per heavy atom. The molecule has 3 heteroatoms. The molecule has 124 valence electrons. The van der Waals surface area contributed by atoms with Gasteiger partial charge in [-0.05, 0) is 44.1 Å². The molecule has 1 aliphatic carbocycles. The highest BCUT2D eigenvalue weighted by Crippen LogP contribution is 2.44. The van der Waals surface area contributed by atoms with Gasteiger partial charge in [0.05, 0.1) is 5.57 Å². The third-order valence-corrected chi connectivity index (χ3v) is 4.57. The van der Waals surface area contributed by atoms with Gasteiger partial charge in [0.1, 0.15) is 5.60 Å². The molecule has 2 atom stereocenters. The summed E-state index contributed by atoms with van der Waals surface area (Å²) in [4.78, 5) is 24.6. The Morgan fingerprint density at radius 3 is 2.39 bits per heavy atom. The normalized spacial score (nSPS) is 23.2. The van der Waals surface area contributed by atoms with Gasteiger partial charge in [-0.1, -0.05) is 50.3 Å². The Labute approximate surface area is 138 Å². The van der Waals surface area contributed by atoms with Crippen LogP contribution in [0.2, 0.25) is 0 Å². The summed E-state index contributed by atoms with van der Waals surface area (Å²) in [6.07, 6.45) is 2.97. The Hall–Kier alpha value is -1.90. The van der Waals surface area contributed by atoms with E-state index in [4.69, 9.17) is 4.74 Å². The van der Waals surface area contributed by atoms with Crippen molar-refractivity contribution in [2.24, 2.45) is 5.41 Å². The number of ketones is 1. The molecule has 1 aromatic rings. The van der Waals surface area contributed by atoms with Crippen molar-refractivity contribution in [3.63, 3.8) is 0 Å². The van der Waals surface area contributed by atoms with Gasteiger partial charge < -0.3 is 4.74 Å². The Kier molecular flexibility index (Phi) is 4.79. The molecule has 0 saturated heterocycles. The maximum atomic E-state index is 12.4. The van der Waals surface area contributed by atoms with Crippen LogP contribution in [0.1, 0.15) is 58.9 Å². The van der Waals surface area contributed by atoms with Gasteiger partial charge in [0, 0.05) is 6.42 Å². The lowest BCUT2D eigenvalue weighted by molar-refractivity contribution is -0.151. The van der Waals surface area contributed by atoms with Crippen LogP contribution >= 0.6 is 0 Å². The van der Waals surface area contributed by atoms with Crippen LogP contribution in [0.15, 0.2) is 42.0 Å². The van der Waals surface area contributed by atoms with Gasteiger partial charge in [0.25, 0.3) is 0 Å². The van der Waals surface area contributed by atoms with E-state index in [0.717, 1.165) is 6.42 Å². The van der Waals surface area contributed by atoms with Crippen molar-refractivity contribution in [3.05, 3.63) is 47.5 Å². The summed E-state index contributed by atoms with van der Waals surface area (Å²) in [6, 6.07) is 10.2. The highest BCUT2D eigenvalue weighted by atomic mass is 16.6. The molecular weight excluding hydrogens is 288 g/mol. The lowest BCUT2D eigenvalue weighted by Gasteiger charge is -2.36. The number of ether oxygens (including phenoxy) is 1. The molecule has 0 spiro atoms. The van der Waals surface area contributed by atoms with E-state index < -0.39 is 11.6 Å². The second-order valence-electron chi connectivity index (χ2n) is 7.62. The molecule has 0 N–H and O–H groups in total. The fourth-order valence-corrected chi connectivity index (χ4v) is 2.97. The lowest BCUT2D eigenvalue weighted by atomic mass is 9.67. The molecule has 2 unspecified atom stereocenters. The summed E-state index contributed by atoms with van der Waals surface area (Å²) >= 11 is 0. The van der Waals surface area contributed by atoms with Crippen molar-refractivity contribution in [2.45, 2.75) is 59.0 Å². The zero-order valence-electron chi connectivity index (χ0n) is 14.7. The van der Waals surface area contributed by atoms with E-state index in [0.29, 0.717) is 6.42 Å². The predicted molar refractivity (Wildman–Crippen MR) is 91.1 cm³/mol. The van der Waals surface area contributed by atoms with Gasteiger partial charge in [0.2, 0.25) is 0 Å². The highest BCUT2D eigenvalue weighted by Gasteiger charge is 2.38. The van der Waals surface area contributed by atoms with E-state index in [-0.39, 0.29) is 22.7 Å². The number of carbonyl (C=O) groups is 2. The molecule has 0 fully saturated rings. The molecule has 0 amide bonds. The highest BCUT2D eigenvalue weighted by molar-refractivity contribution is 6.18. The average molecular weight is 314 g/mol. The summed E-state index contributed by atoms with van der Waals surface area (Å²) in [5.74, 6) is -0.403. The van der Waals surface area contributed by atoms with E-state index in [1.54, 1.807) is 0 Å². The zero-order chi connectivity index (χ0) is 17.3. The second kappa shape index (κ2) is 6.31. The van der Waals surface area contributed by atoms with E-state index in [9.17, 15) is 9.59 Å². The first kappa shape index (κ1) is 17.5. The molecule has 0 radical (unpaired) electrons. The van der Waals surface area contributed by atoms with Crippen molar-refractivity contribution >= 4 is 11.8 Å². The minimum absolute atomic E-state index is 0.114. The number of hydrogen-bond acceptors (Lipinski definition) is 3. The number of rotatable bonds is 3. The topological polar surface area (TPSA) is 43.4 Å². The Bertz CT molecular complexity index is 622. The van der Waals surface area contributed by atoms with Crippen LogP contribution in [0, 0.1) is 5.41 Å². The number of benzene rings is 1. The van der Waals surface area contributed by atoms with Crippen molar-refractivity contribution in [1.29, 1.82) is 0 Å². The summed E-state index contributed by atoms with van der Waals surface area (Å²) in [5, 5.41) is 0. The first-order valence-electron chi connectivity index (χ1n) is 8.17. The van der Waals surface area contributed by atoms with Gasteiger partial charge in [-0.2, -0.15) is 0 Å². The molecule has 0 aromatic heterocycles. The maximum Gasteiger partial charge on any atom is 0.341 e. The summed E-state index contributed by atoms with van der Waals surface area (Å²) < 4.78 is 5.40. The molecule has 1 aromatic carbocycles. The largest absolute Gasteiger partial charge is 0.456 e. The molecule has 0 heterocycles. The second-order valence-corrected chi connectivity index (χ2v) is 7.62. The van der Waals surface area contributed by atoms with Crippen LogP contribution in [0.4, 0.5) is 0 Å². The third-order valence-electron chi connectivity index (χ3n) is 4.57. The first-order valence-corrected chi connectivity index (χ1v) is 8.17. The lowest BCUT2D eigenvalue weighted by Crippen LogP contribution is -2.33. The molecule has 0 bridgehead atoms. The quantitative estimate of drug-likeness (QED) is 0.612. The van der Waals surface area contributed by atoms with Crippen molar-refractivity contribution in [2.75, 3.05) is 0 Å². The maximum absolute atomic E-state index is 12.4. The number of allylic oxidation sites excluding steroid dienone is 1. The Balaban J connectivity index is 2.32. The van der Waals surface area contributed by atoms with Gasteiger partial charge >= 0.3 is 5.97 Å². The van der Waals surface area contributed by atoms with Crippen LogP contribution < -0.4 is 0 Å². The predicted octanol–water partition coefficient (Wildman–Crippen LogP) is 4.43. The van der Waals surface area contributed by atoms with E-state index in [1.807, 2.05) is 45.0 Å². The zero-order valence-corrected chi connectivity index (χ0v) is 14.7. The average Bonchev–Trinajstić information content (AvgIpc) is 2.48. The molecule has 0 aliphatic heterocycles. The van der Waals surface area contributed by atoms with Crippen LogP contribution in [0.25, 0.3) is 0 Å². The van der Waals surface area contributed by atoms with Crippen molar-refractivity contribution in [3.8, 4) is 0 Å². The van der Waals surface area contributed by atoms with Crippen LogP contribution in [0.3, 0.4) is 0 Å². The van der Waals surface area contributed by atoms with Crippen molar-refractivity contribution in [1.82, 2.24) is 0 Å². The number of esters is 1. The monoisotopic (exact) mass is 314 g/mol. The van der Waals surface area contributed by atoms with Gasteiger partial charge in [-0.3, -0.25) is 4.79 Å². The standard InChI is InChI=1S/C20H26O3/c1-14(15-9-7-6-8-10-15)20(5)12-11-17(21)16(13-20)18(22)23-19(2,3)4/h6-10,13-14H,11-12H2,1-5H3. The molecule has 23 heavy (non-hydrogen) atoms. The molecular formula is C20H26O3. The van der Waals surface area contributed by atoms with Crippen molar-refractivity contribution < 1.29 is 14.3 Å².